The first kappa shape index (κ1) is 16.3. The zero-order chi connectivity index (χ0) is 15.4. The Morgan fingerprint density at radius 2 is 2.10 bits per heavy atom. The summed E-state index contributed by atoms with van der Waals surface area (Å²) >= 11 is 13.6. The third-order valence-electron chi connectivity index (χ3n) is 3.12. The Morgan fingerprint density at radius 3 is 2.71 bits per heavy atom. The van der Waals surface area contributed by atoms with Crippen LogP contribution in [0.15, 0.2) is 35.7 Å². The predicted molar refractivity (Wildman–Crippen MR) is 89.5 cm³/mol. The molecule has 0 radical (unpaired) electrons. The Balaban J connectivity index is 2.07. The van der Waals surface area contributed by atoms with Gasteiger partial charge in [0.25, 0.3) is 5.91 Å². The molecule has 1 aromatic heterocycles. The van der Waals surface area contributed by atoms with Crippen LogP contribution in [0.1, 0.15) is 21.3 Å². The highest BCUT2D eigenvalue weighted by Crippen LogP contribution is 2.23. The van der Waals surface area contributed by atoms with E-state index in [0.717, 1.165) is 0 Å². The maximum absolute atomic E-state index is 12.2. The van der Waals surface area contributed by atoms with Crippen molar-refractivity contribution in [1.82, 2.24) is 10.2 Å². The van der Waals surface area contributed by atoms with Crippen molar-refractivity contribution in [3.05, 3.63) is 56.2 Å². The fourth-order valence-corrected chi connectivity index (χ4v) is 3.27. The van der Waals surface area contributed by atoms with Gasteiger partial charge in [-0.3, -0.25) is 4.79 Å². The average molecular weight is 343 g/mol. The lowest BCUT2D eigenvalue weighted by molar-refractivity contribution is 0.0942. The molecule has 0 aliphatic rings. The highest BCUT2D eigenvalue weighted by atomic mass is 35.5. The molecule has 0 saturated carbocycles. The van der Waals surface area contributed by atoms with Gasteiger partial charge in [-0.25, -0.2) is 0 Å². The molecule has 2 rings (SSSR count). The monoisotopic (exact) mass is 342 g/mol. The quantitative estimate of drug-likeness (QED) is 0.887. The number of nitrogens with zero attached hydrogens (tertiary/aromatic N) is 1. The molecule has 6 heteroatoms. The number of hydrogen-bond donors (Lipinski definition) is 1. The van der Waals surface area contributed by atoms with Gasteiger partial charge in [-0.2, -0.15) is 0 Å². The van der Waals surface area contributed by atoms with Crippen molar-refractivity contribution >= 4 is 40.4 Å². The van der Waals surface area contributed by atoms with Crippen LogP contribution in [0.2, 0.25) is 10.0 Å². The van der Waals surface area contributed by atoms with E-state index in [9.17, 15) is 4.79 Å². The maximum atomic E-state index is 12.2. The van der Waals surface area contributed by atoms with E-state index >= 15 is 0 Å². The second kappa shape index (κ2) is 7.27. The molecule has 1 N–H and O–H groups in total. The van der Waals surface area contributed by atoms with Crippen LogP contribution in [0.25, 0.3) is 0 Å². The zero-order valence-electron chi connectivity index (χ0n) is 11.8. The van der Waals surface area contributed by atoms with Crippen LogP contribution in [0.5, 0.6) is 0 Å². The van der Waals surface area contributed by atoms with Gasteiger partial charge in [0.05, 0.1) is 16.6 Å². The number of amides is 1. The molecule has 112 valence electrons. The molecule has 1 unspecified atom stereocenters. The summed E-state index contributed by atoms with van der Waals surface area (Å²) in [5.41, 5.74) is 0.396. The molecule has 3 nitrogen and oxygen atoms in total. The highest BCUT2D eigenvalue weighted by molar-refractivity contribution is 7.10. The summed E-state index contributed by atoms with van der Waals surface area (Å²) in [6.07, 6.45) is 0. The van der Waals surface area contributed by atoms with E-state index in [1.807, 2.05) is 25.5 Å². The normalized spacial score (nSPS) is 12.4. The van der Waals surface area contributed by atoms with Gasteiger partial charge >= 0.3 is 0 Å². The molecule has 1 heterocycles. The standard InChI is InChI=1S/C15H16Cl2N2OS/c1-19(2)13(14-4-3-7-21-14)9-18-15(20)11-8-10(16)5-6-12(11)17/h3-8,13H,9H2,1-2H3,(H,18,20). The number of benzene rings is 1. The lowest BCUT2D eigenvalue weighted by Gasteiger charge is -2.23. The molecule has 0 fully saturated rings. The molecule has 0 aliphatic heterocycles. The first-order chi connectivity index (χ1) is 9.99. The highest BCUT2D eigenvalue weighted by Gasteiger charge is 2.18. The van der Waals surface area contributed by atoms with Crippen LogP contribution in [0, 0.1) is 0 Å². The first-order valence-electron chi connectivity index (χ1n) is 6.42. The first-order valence-corrected chi connectivity index (χ1v) is 8.05. The number of thiophene rings is 1. The number of halogens is 2. The van der Waals surface area contributed by atoms with Gasteiger partial charge in [0.15, 0.2) is 0 Å². The summed E-state index contributed by atoms with van der Waals surface area (Å²) in [5.74, 6) is -0.217. The molecule has 1 aromatic carbocycles. The van der Waals surface area contributed by atoms with Gasteiger partial charge in [0.2, 0.25) is 0 Å². The fraction of sp³-hybridized carbons (Fsp3) is 0.267. The number of carbonyl (C=O) groups excluding carboxylic acids is 1. The van der Waals surface area contributed by atoms with Crippen LogP contribution in [-0.4, -0.2) is 31.4 Å². The van der Waals surface area contributed by atoms with E-state index in [1.54, 1.807) is 29.5 Å². The van der Waals surface area contributed by atoms with E-state index < -0.39 is 0 Å². The van der Waals surface area contributed by atoms with Crippen LogP contribution >= 0.6 is 34.5 Å². The summed E-state index contributed by atoms with van der Waals surface area (Å²) in [6.45, 7) is 0.509. The van der Waals surface area contributed by atoms with Gasteiger partial charge in [0, 0.05) is 16.4 Å². The van der Waals surface area contributed by atoms with Crippen molar-refractivity contribution in [3.8, 4) is 0 Å². The van der Waals surface area contributed by atoms with E-state index in [1.165, 1.54) is 4.88 Å². The van der Waals surface area contributed by atoms with Crippen LogP contribution in [0.3, 0.4) is 0 Å². The van der Waals surface area contributed by atoms with Crippen LogP contribution in [-0.2, 0) is 0 Å². The lowest BCUT2D eigenvalue weighted by atomic mass is 10.2. The van der Waals surface area contributed by atoms with Crippen molar-refractivity contribution in [3.63, 3.8) is 0 Å². The van der Waals surface area contributed by atoms with E-state index in [2.05, 4.69) is 16.3 Å². The number of nitrogens with one attached hydrogen (secondary N) is 1. The van der Waals surface area contributed by atoms with Crippen molar-refractivity contribution in [2.75, 3.05) is 20.6 Å². The molecule has 21 heavy (non-hydrogen) atoms. The largest absolute Gasteiger partial charge is 0.350 e. The predicted octanol–water partition coefficient (Wildman–Crippen LogP) is 4.09. The zero-order valence-corrected chi connectivity index (χ0v) is 14.1. The minimum Gasteiger partial charge on any atom is -0.350 e. The Kier molecular flexibility index (Phi) is 5.65. The third kappa shape index (κ3) is 4.20. The van der Waals surface area contributed by atoms with Crippen molar-refractivity contribution in [2.24, 2.45) is 0 Å². The summed E-state index contributed by atoms with van der Waals surface area (Å²) < 4.78 is 0. The van der Waals surface area contributed by atoms with Gasteiger partial charge < -0.3 is 10.2 Å². The topological polar surface area (TPSA) is 32.3 Å². The Hall–Kier alpha value is -1.07. The summed E-state index contributed by atoms with van der Waals surface area (Å²) in [5, 5.41) is 5.84. The molecule has 1 atom stereocenters. The van der Waals surface area contributed by atoms with E-state index in [0.29, 0.717) is 22.2 Å². The molecule has 0 saturated heterocycles. The molecule has 1 amide bonds. The smallest absolute Gasteiger partial charge is 0.252 e. The molecule has 0 aliphatic carbocycles. The fourth-order valence-electron chi connectivity index (χ4n) is 1.97. The summed E-state index contributed by atoms with van der Waals surface area (Å²) in [7, 11) is 3.98. The van der Waals surface area contributed by atoms with Crippen LogP contribution in [0.4, 0.5) is 0 Å². The SMILES string of the molecule is CN(C)C(CNC(=O)c1cc(Cl)ccc1Cl)c1cccs1. The molecular weight excluding hydrogens is 327 g/mol. The Morgan fingerprint density at radius 1 is 1.33 bits per heavy atom. The average Bonchev–Trinajstić information content (AvgIpc) is 2.95. The minimum atomic E-state index is -0.217. The molecule has 0 spiro atoms. The van der Waals surface area contributed by atoms with E-state index in [4.69, 9.17) is 23.2 Å². The van der Waals surface area contributed by atoms with Gasteiger partial charge in [-0.1, -0.05) is 29.3 Å². The summed E-state index contributed by atoms with van der Waals surface area (Å²) in [6, 6.07) is 9.07. The number of likely N-dealkylation sites (N-methyl/N-ethyl adjacent to an activating group) is 1. The minimum absolute atomic E-state index is 0.131. The van der Waals surface area contributed by atoms with Gasteiger partial charge in [-0.05, 0) is 43.7 Å². The Labute approximate surface area is 138 Å². The molecule has 2 aromatic rings. The number of hydrogen-bond acceptors (Lipinski definition) is 3. The summed E-state index contributed by atoms with van der Waals surface area (Å²) in [4.78, 5) is 15.5. The number of carbonyl (C=O) groups is 1. The van der Waals surface area contributed by atoms with Gasteiger partial charge in [-0.15, -0.1) is 11.3 Å². The van der Waals surface area contributed by atoms with Crippen molar-refractivity contribution in [1.29, 1.82) is 0 Å². The Bertz CT molecular complexity index is 614. The second-order valence-corrected chi connectivity index (χ2v) is 6.65. The number of rotatable bonds is 5. The van der Waals surface area contributed by atoms with Crippen LogP contribution < -0.4 is 5.32 Å². The van der Waals surface area contributed by atoms with Gasteiger partial charge in [0.1, 0.15) is 0 Å². The third-order valence-corrected chi connectivity index (χ3v) is 4.66. The lowest BCUT2D eigenvalue weighted by Crippen LogP contribution is -2.34. The van der Waals surface area contributed by atoms with E-state index in [-0.39, 0.29) is 11.9 Å². The molecule has 0 bridgehead atoms. The molecular formula is C15H16Cl2N2OS. The van der Waals surface area contributed by atoms with Crippen molar-refractivity contribution in [2.45, 2.75) is 6.04 Å². The van der Waals surface area contributed by atoms with Crippen molar-refractivity contribution < 1.29 is 4.79 Å². The maximum Gasteiger partial charge on any atom is 0.252 e. The second-order valence-electron chi connectivity index (χ2n) is 4.83.